The van der Waals surface area contributed by atoms with E-state index in [9.17, 15) is 4.79 Å². The highest BCUT2D eigenvalue weighted by atomic mass is 127. The second-order valence-electron chi connectivity index (χ2n) is 6.66. The van der Waals surface area contributed by atoms with Gasteiger partial charge in [0.25, 0.3) is 0 Å². The molecule has 3 heteroatoms. The van der Waals surface area contributed by atoms with E-state index >= 15 is 0 Å². The average Bonchev–Trinajstić information content (AvgIpc) is 2.72. The maximum atomic E-state index is 12.0. The van der Waals surface area contributed by atoms with E-state index in [-0.39, 0.29) is 5.97 Å². The van der Waals surface area contributed by atoms with E-state index < -0.39 is 3.42 Å². The van der Waals surface area contributed by atoms with Crippen molar-refractivity contribution in [2.75, 3.05) is 6.61 Å². The Morgan fingerprint density at radius 1 is 0.690 bits per heavy atom. The van der Waals surface area contributed by atoms with Gasteiger partial charge in [-0.15, -0.1) is 0 Å². The molecule has 0 aliphatic rings. The third kappa shape index (κ3) is 16.2. The third-order valence-corrected chi connectivity index (χ3v) is 5.88. The molecule has 0 radical (unpaired) electrons. The molecule has 0 aromatic heterocycles. The minimum atomic E-state index is -0.438. The Hall–Kier alpha value is -1.36. The van der Waals surface area contributed by atoms with Gasteiger partial charge in [-0.05, 0) is 58.3 Å². The van der Waals surface area contributed by atoms with Crippen LogP contribution in [-0.4, -0.2) is 16.0 Å². The van der Waals surface area contributed by atoms with Crippen LogP contribution >= 0.6 is 22.6 Å². The number of hydrogen-bond donors (Lipinski definition) is 0. The van der Waals surface area contributed by atoms with E-state index in [1.807, 2.05) is 13.8 Å². The third-order valence-electron chi connectivity index (χ3n) is 4.24. The number of ether oxygens (including phenoxy) is 1. The van der Waals surface area contributed by atoms with E-state index in [2.05, 4.69) is 102 Å². The minimum Gasteiger partial charge on any atom is -0.465 e. The second-order valence-corrected chi connectivity index (χ2v) is 8.72. The summed E-state index contributed by atoms with van der Waals surface area (Å²) in [5.41, 5.74) is 0. The lowest BCUT2D eigenvalue weighted by molar-refractivity contribution is -0.145. The Bertz CT molecular complexity index is 582. The van der Waals surface area contributed by atoms with Crippen molar-refractivity contribution in [3.63, 3.8) is 0 Å². The van der Waals surface area contributed by atoms with E-state index in [4.69, 9.17) is 4.74 Å². The van der Waals surface area contributed by atoms with Crippen molar-refractivity contribution in [1.82, 2.24) is 0 Å². The number of esters is 1. The summed E-state index contributed by atoms with van der Waals surface area (Å²) in [5.74, 6) is -0.109. The summed E-state index contributed by atoms with van der Waals surface area (Å²) in [6, 6.07) is 0. The first-order valence-electron chi connectivity index (χ1n) is 10.9. The van der Waals surface area contributed by atoms with Gasteiger partial charge in [-0.3, -0.25) is 4.79 Å². The van der Waals surface area contributed by atoms with E-state index in [0.717, 1.165) is 44.9 Å². The van der Waals surface area contributed by atoms with Crippen LogP contribution in [0.15, 0.2) is 72.9 Å². The van der Waals surface area contributed by atoms with Crippen LogP contribution in [0, 0.1) is 0 Å². The van der Waals surface area contributed by atoms with Crippen LogP contribution in [0.5, 0.6) is 0 Å². The molecule has 0 aromatic rings. The van der Waals surface area contributed by atoms with Crippen LogP contribution in [-0.2, 0) is 9.53 Å². The molecule has 0 rings (SSSR count). The first kappa shape index (κ1) is 27.6. The normalized spacial score (nSPS) is 15.0. The van der Waals surface area contributed by atoms with Crippen LogP contribution in [0.4, 0.5) is 0 Å². The Kier molecular flexibility index (Phi) is 19.0. The molecule has 0 aromatic carbocycles. The lowest BCUT2D eigenvalue weighted by Gasteiger charge is -2.21. The average molecular weight is 511 g/mol. The van der Waals surface area contributed by atoms with Gasteiger partial charge in [0.1, 0.15) is 3.42 Å². The molecular weight excluding hydrogens is 471 g/mol. The zero-order valence-electron chi connectivity index (χ0n) is 18.5. The van der Waals surface area contributed by atoms with Gasteiger partial charge in [0.2, 0.25) is 0 Å². The zero-order chi connectivity index (χ0) is 21.6. The maximum absolute atomic E-state index is 12.0. The molecule has 0 fully saturated rings. The van der Waals surface area contributed by atoms with Crippen molar-refractivity contribution in [1.29, 1.82) is 0 Å². The predicted octanol–water partition coefficient (Wildman–Crippen LogP) is 8.22. The molecule has 2 nitrogen and oxygen atoms in total. The molecule has 0 aliphatic heterocycles. The summed E-state index contributed by atoms with van der Waals surface area (Å²) < 4.78 is 4.73. The Balaban J connectivity index is 3.87. The van der Waals surface area contributed by atoms with Crippen LogP contribution < -0.4 is 0 Å². The van der Waals surface area contributed by atoms with E-state index in [0.29, 0.717) is 13.0 Å². The summed E-state index contributed by atoms with van der Waals surface area (Å²) in [5, 5.41) is 0. The van der Waals surface area contributed by atoms with E-state index in [1.54, 1.807) is 0 Å². The highest BCUT2D eigenvalue weighted by Crippen LogP contribution is 2.29. The van der Waals surface area contributed by atoms with Crippen molar-refractivity contribution in [3.05, 3.63) is 72.9 Å². The highest BCUT2D eigenvalue weighted by Gasteiger charge is 2.33. The number of alkyl halides is 1. The van der Waals surface area contributed by atoms with Crippen molar-refractivity contribution in [2.24, 2.45) is 0 Å². The fraction of sp³-hybridized carbons (Fsp3) is 0.500. The van der Waals surface area contributed by atoms with Gasteiger partial charge >= 0.3 is 5.97 Å². The van der Waals surface area contributed by atoms with Gasteiger partial charge in [-0.2, -0.15) is 0 Å². The van der Waals surface area contributed by atoms with Crippen molar-refractivity contribution in [2.45, 2.75) is 75.6 Å². The number of hydrogen-bond acceptors (Lipinski definition) is 2. The first-order valence-corrected chi connectivity index (χ1v) is 11.9. The van der Waals surface area contributed by atoms with Gasteiger partial charge in [-0.1, -0.05) is 109 Å². The number of carbonyl (C=O) groups excluding carboxylic acids is 1. The lowest BCUT2D eigenvalue weighted by atomic mass is 10.0. The molecule has 0 N–H and O–H groups in total. The van der Waals surface area contributed by atoms with Crippen LogP contribution in [0.2, 0.25) is 0 Å². The molecule has 162 valence electrons. The van der Waals surface area contributed by atoms with Crippen molar-refractivity contribution >= 4 is 28.6 Å². The largest absolute Gasteiger partial charge is 0.465 e. The highest BCUT2D eigenvalue weighted by molar-refractivity contribution is 14.1. The van der Waals surface area contributed by atoms with Crippen LogP contribution in [0.25, 0.3) is 0 Å². The molecule has 1 unspecified atom stereocenters. The minimum absolute atomic E-state index is 0.109. The second kappa shape index (κ2) is 19.9. The summed E-state index contributed by atoms with van der Waals surface area (Å²) in [6.07, 6.45) is 33.7. The fourth-order valence-corrected chi connectivity index (χ4v) is 2.83. The van der Waals surface area contributed by atoms with Gasteiger partial charge in [0.15, 0.2) is 0 Å². The fourth-order valence-electron chi connectivity index (χ4n) is 2.42. The van der Waals surface area contributed by atoms with Gasteiger partial charge < -0.3 is 4.74 Å². The molecule has 0 saturated carbocycles. The first-order chi connectivity index (χ1) is 14.1. The Morgan fingerprint density at radius 3 is 1.41 bits per heavy atom. The summed E-state index contributed by atoms with van der Waals surface area (Å²) >= 11 is 2.23. The maximum Gasteiger partial charge on any atom is 0.322 e. The van der Waals surface area contributed by atoms with Crippen LogP contribution in [0.1, 0.15) is 72.1 Å². The topological polar surface area (TPSA) is 26.3 Å². The van der Waals surface area contributed by atoms with Gasteiger partial charge in [-0.25, -0.2) is 0 Å². The monoisotopic (exact) mass is 510 g/mol. The summed E-state index contributed by atoms with van der Waals surface area (Å²) in [6.45, 7) is 6.47. The quantitative estimate of drug-likeness (QED) is 0.0905. The molecule has 1 atom stereocenters. The summed E-state index contributed by atoms with van der Waals surface area (Å²) in [7, 11) is 0. The SMILES string of the molecule is CCC=CCC=CCC=CCC=CCC=CCC=CCC(I)(CC)C(=O)OCC. The molecule has 29 heavy (non-hydrogen) atoms. The zero-order valence-corrected chi connectivity index (χ0v) is 20.6. The molecule has 0 bridgehead atoms. The molecule has 0 aliphatic carbocycles. The molecule has 0 heterocycles. The predicted molar refractivity (Wildman–Crippen MR) is 137 cm³/mol. The molecule has 0 amide bonds. The molecular formula is C26H39IO2. The van der Waals surface area contributed by atoms with Gasteiger partial charge in [0, 0.05) is 0 Å². The van der Waals surface area contributed by atoms with Gasteiger partial charge in [0.05, 0.1) is 6.61 Å². The number of rotatable bonds is 16. The number of allylic oxidation sites excluding steroid dienone is 12. The number of carbonyl (C=O) groups is 1. The van der Waals surface area contributed by atoms with E-state index in [1.165, 1.54) is 0 Å². The number of halogens is 1. The molecule has 0 saturated heterocycles. The Labute approximate surface area is 192 Å². The van der Waals surface area contributed by atoms with Crippen LogP contribution in [0.3, 0.4) is 0 Å². The smallest absolute Gasteiger partial charge is 0.322 e. The van der Waals surface area contributed by atoms with Crippen molar-refractivity contribution < 1.29 is 9.53 Å². The molecule has 0 spiro atoms. The standard InChI is InChI=1S/C26H39IO2/c1-4-7-8-9-10-11-12-13-14-15-16-17-18-19-20-21-22-23-24-26(27,5-2)25(28)29-6-3/h7-8,10-11,13-14,16-17,19-20,22-23H,4-6,9,12,15,18,21,24H2,1-3H3. The Morgan fingerprint density at radius 2 is 1.07 bits per heavy atom. The summed E-state index contributed by atoms with van der Waals surface area (Å²) in [4.78, 5) is 12.0. The lowest BCUT2D eigenvalue weighted by Crippen LogP contribution is -2.32. The van der Waals surface area contributed by atoms with Crippen molar-refractivity contribution in [3.8, 4) is 0 Å².